The fourth-order valence-corrected chi connectivity index (χ4v) is 6.21. The summed E-state index contributed by atoms with van der Waals surface area (Å²) in [5.41, 5.74) is 13.4. The molecule has 0 amide bonds. The quantitative estimate of drug-likeness (QED) is 0.384. The summed E-state index contributed by atoms with van der Waals surface area (Å²) in [7, 11) is 0. The zero-order chi connectivity index (χ0) is 16.9. The van der Waals surface area contributed by atoms with Gasteiger partial charge in [-0.05, 0) is 98.8 Å². The van der Waals surface area contributed by atoms with Crippen LogP contribution in [0.1, 0.15) is 75.5 Å². The molecule has 1 heteroatoms. The number of benzene rings is 1. The van der Waals surface area contributed by atoms with E-state index in [1.54, 1.807) is 11.1 Å². The highest BCUT2D eigenvalue weighted by molar-refractivity contribution is 5.60. The maximum atomic E-state index is 6.23. The van der Waals surface area contributed by atoms with E-state index in [4.69, 9.17) is 5.73 Å². The van der Waals surface area contributed by atoms with Crippen molar-refractivity contribution in [1.29, 1.82) is 0 Å². The lowest BCUT2D eigenvalue weighted by molar-refractivity contribution is 0.0814. The van der Waals surface area contributed by atoms with E-state index in [-0.39, 0.29) is 0 Å². The Balaban J connectivity index is 1.74. The molecular formula is C23H29N. The van der Waals surface area contributed by atoms with Gasteiger partial charge in [-0.1, -0.05) is 24.5 Å². The van der Waals surface area contributed by atoms with Gasteiger partial charge in [0.2, 0.25) is 0 Å². The zero-order valence-corrected chi connectivity index (χ0v) is 15.3. The van der Waals surface area contributed by atoms with E-state index in [1.165, 1.54) is 44.1 Å². The fourth-order valence-electron chi connectivity index (χ4n) is 6.21. The second kappa shape index (κ2) is 5.69. The molecule has 126 valence electrons. The molecule has 1 aromatic carbocycles. The maximum absolute atomic E-state index is 6.23. The van der Waals surface area contributed by atoms with Crippen molar-refractivity contribution in [2.75, 3.05) is 5.73 Å². The number of fused-ring (bicyclic) bond motifs is 5. The van der Waals surface area contributed by atoms with Crippen molar-refractivity contribution in [1.82, 2.24) is 0 Å². The normalized spacial score (nSPS) is 35.6. The minimum atomic E-state index is 0.466. The van der Waals surface area contributed by atoms with Crippen LogP contribution in [0.2, 0.25) is 0 Å². The molecule has 0 aliphatic heterocycles. The molecule has 24 heavy (non-hydrogen) atoms. The summed E-state index contributed by atoms with van der Waals surface area (Å²) in [6.07, 6.45) is 10.3. The van der Waals surface area contributed by atoms with Crippen molar-refractivity contribution in [2.45, 2.75) is 65.2 Å². The van der Waals surface area contributed by atoms with Gasteiger partial charge in [0.05, 0.1) is 0 Å². The van der Waals surface area contributed by atoms with Crippen LogP contribution in [0.15, 0.2) is 23.8 Å². The average molecular weight is 319 g/mol. The molecule has 0 saturated heterocycles. The lowest BCUT2D eigenvalue weighted by atomic mass is 9.55. The standard InChI is InChI=1S/C23H29N/c1-4-6-16-13-20-15(14-22(16)24)7-9-19-18(20)11-12-23(3)17(5-2)8-10-21(19)23/h5,13-14,18-19,21H,7-12,24H2,1-3H3/b17-5+/t18?,19?,21?,23-/m1/s1. The number of aryl methyl sites for hydroxylation is 1. The summed E-state index contributed by atoms with van der Waals surface area (Å²) in [5, 5.41) is 0. The van der Waals surface area contributed by atoms with Gasteiger partial charge in [0.1, 0.15) is 0 Å². The predicted octanol–water partition coefficient (Wildman–Crippen LogP) is 5.44. The van der Waals surface area contributed by atoms with E-state index < -0.39 is 0 Å². The van der Waals surface area contributed by atoms with Gasteiger partial charge in [-0.25, -0.2) is 0 Å². The molecule has 2 saturated carbocycles. The van der Waals surface area contributed by atoms with Crippen molar-refractivity contribution < 1.29 is 0 Å². The molecule has 4 atom stereocenters. The topological polar surface area (TPSA) is 26.0 Å². The highest BCUT2D eigenvalue weighted by Gasteiger charge is 2.52. The van der Waals surface area contributed by atoms with E-state index in [1.807, 2.05) is 6.92 Å². The van der Waals surface area contributed by atoms with Crippen LogP contribution in [0.4, 0.5) is 5.69 Å². The van der Waals surface area contributed by atoms with Gasteiger partial charge < -0.3 is 5.73 Å². The smallest absolute Gasteiger partial charge is 0.0477 e. The molecule has 3 aliphatic carbocycles. The molecule has 0 spiro atoms. The number of hydrogen-bond acceptors (Lipinski definition) is 1. The number of rotatable bonds is 0. The van der Waals surface area contributed by atoms with E-state index in [0.717, 1.165) is 29.0 Å². The van der Waals surface area contributed by atoms with Gasteiger partial charge in [0.25, 0.3) is 0 Å². The SMILES string of the molecule is CC#Cc1cc2c(cc1N)CCC1C2CC[C@]2(C)/C(=C/C)CCC12. The lowest BCUT2D eigenvalue weighted by Crippen LogP contribution is -2.40. The first-order valence-electron chi connectivity index (χ1n) is 9.59. The molecule has 0 aromatic heterocycles. The van der Waals surface area contributed by atoms with Crippen LogP contribution in [0.3, 0.4) is 0 Å². The largest absolute Gasteiger partial charge is 0.398 e. The first-order valence-corrected chi connectivity index (χ1v) is 9.59. The molecular weight excluding hydrogens is 290 g/mol. The molecule has 3 unspecified atom stereocenters. The highest BCUT2D eigenvalue weighted by Crippen LogP contribution is 2.62. The Morgan fingerprint density at radius 3 is 2.79 bits per heavy atom. The third-order valence-electron chi connectivity index (χ3n) is 7.35. The van der Waals surface area contributed by atoms with E-state index in [9.17, 15) is 0 Å². The maximum Gasteiger partial charge on any atom is 0.0477 e. The lowest BCUT2D eigenvalue weighted by Gasteiger charge is -2.49. The van der Waals surface area contributed by atoms with Crippen molar-refractivity contribution in [2.24, 2.45) is 17.3 Å². The van der Waals surface area contributed by atoms with Crippen molar-refractivity contribution in [3.05, 3.63) is 40.5 Å². The number of allylic oxidation sites excluding steroid dienone is 2. The Morgan fingerprint density at radius 1 is 1.21 bits per heavy atom. The third-order valence-corrected chi connectivity index (χ3v) is 7.35. The summed E-state index contributed by atoms with van der Waals surface area (Å²) in [5.74, 6) is 8.67. The molecule has 3 aliphatic rings. The fraction of sp³-hybridized carbons (Fsp3) is 0.565. The van der Waals surface area contributed by atoms with Crippen LogP contribution in [0.5, 0.6) is 0 Å². The van der Waals surface area contributed by atoms with Crippen LogP contribution in [-0.2, 0) is 6.42 Å². The molecule has 2 N–H and O–H groups in total. The Bertz CT molecular complexity index is 760. The minimum absolute atomic E-state index is 0.466. The summed E-state index contributed by atoms with van der Waals surface area (Å²) < 4.78 is 0. The average Bonchev–Trinajstić information content (AvgIpc) is 2.92. The minimum Gasteiger partial charge on any atom is -0.398 e. The molecule has 0 radical (unpaired) electrons. The first kappa shape index (κ1) is 15.8. The van der Waals surface area contributed by atoms with E-state index in [0.29, 0.717) is 5.41 Å². The van der Waals surface area contributed by atoms with Gasteiger partial charge >= 0.3 is 0 Å². The Labute approximate surface area is 146 Å². The third kappa shape index (κ3) is 2.16. The number of anilines is 1. The zero-order valence-electron chi connectivity index (χ0n) is 15.3. The van der Waals surface area contributed by atoms with Crippen LogP contribution in [0.25, 0.3) is 0 Å². The molecule has 2 fully saturated rings. The molecule has 0 heterocycles. The molecule has 1 aromatic rings. The molecule has 1 nitrogen and oxygen atoms in total. The van der Waals surface area contributed by atoms with E-state index in [2.05, 4.69) is 43.9 Å². The predicted molar refractivity (Wildman–Crippen MR) is 102 cm³/mol. The van der Waals surface area contributed by atoms with Crippen molar-refractivity contribution in [3.8, 4) is 11.8 Å². The Hall–Kier alpha value is -1.68. The van der Waals surface area contributed by atoms with Crippen molar-refractivity contribution in [3.63, 3.8) is 0 Å². The Kier molecular flexibility index (Phi) is 3.75. The summed E-state index contributed by atoms with van der Waals surface area (Å²) in [4.78, 5) is 0. The molecule has 0 bridgehead atoms. The van der Waals surface area contributed by atoms with Gasteiger partial charge in [-0.2, -0.15) is 0 Å². The first-order chi connectivity index (χ1) is 11.6. The summed E-state index contributed by atoms with van der Waals surface area (Å²) in [6.45, 7) is 6.68. The van der Waals surface area contributed by atoms with Crippen LogP contribution in [-0.4, -0.2) is 0 Å². The second-order valence-corrected chi connectivity index (χ2v) is 8.24. The van der Waals surface area contributed by atoms with Gasteiger partial charge in [-0.3, -0.25) is 0 Å². The number of nitrogen functional groups attached to an aromatic ring is 1. The van der Waals surface area contributed by atoms with Crippen LogP contribution >= 0.6 is 0 Å². The van der Waals surface area contributed by atoms with E-state index >= 15 is 0 Å². The summed E-state index contributed by atoms with van der Waals surface area (Å²) in [6, 6.07) is 4.54. The van der Waals surface area contributed by atoms with Gasteiger partial charge in [0, 0.05) is 11.3 Å². The molecule has 4 rings (SSSR count). The number of hydrogen-bond donors (Lipinski definition) is 1. The van der Waals surface area contributed by atoms with Gasteiger partial charge in [-0.15, -0.1) is 5.92 Å². The second-order valence-electron chi connectivity index (χ2n) is 8.24. The van der Waals surface area contributed by atoms with Crippen molar-refractivity contribution >= 4 is 5.69 Å². The summed E-state index contributed by atoms with van der Waals surface area (Å²) >= 11 is 0. The van der Waals surface area contributed by atoms with Crippen LogP contribution < -0.4 is 5.73 Å². The number of nitrogens with two attached hydrogens (primary N) is 1. The van der Waals surface area contributed by atoms with Crippen LogP contribution in [0, 0.1) is 29.1 Å². The Morgan fingerprint density at radius 2 is 2.04 bits per heavy atom. The highest BCUT2D eigenvalue weighted by atomic mass is 14.6. The monoisotopic (exact) mass is 319 g/mol. The van der Waals surface area contributed by atoms with Gasteiger partial charge in [0.15, 0.2) is 0 Å².